The molecule has 0 bridgehead atoms. The molecule has 4 amide bonds. The van der Waals surface area contributed by atoms with Crippen molar-refractivity contribution in [2.24, 2.45) is 5.92 Å². The Balaban J connectivity index is 1.70. The molecule has 1 saturated heterocycles. The first-order chi connectivity index (χ1) is 16.6. The van der Waals surface area contributed by atoms with E-state index in [0.29, 0.717) is 24.4 Å². The molecule has 3 N–H and O–H groups in total. The summed E-state index contributed by atoms with van der Waals surface area (Å²) in [6.45, 7) is 5.88. The van der Waals surface area contributed by atoms with Crippen molar-refractivity contribution in [3.8, 4) is 0 Å². The van der Waals surface area contributed by atoms with Gasteiger partial charge in [-0.15, -0.1) is 0 Å². The van der Waals surface area contributed by atoms with E-state index in [1.165, 1.54) is 16.7 Å². The average molecular weight is 501 g/mol. The van der Waals surface area contributed by atoms with Crippen LogP contribution in [-0.2, 0) is 26.3 Å². The molecule has 2 aliphatic rings. The van der Waals surface area contributed by atoms with Crippen LogP contribution in [0.1, 0.15) is 44.9 Å². The molecular weight excluding hydrogens is 468 g/mol. The lowest BCUT2D eigenvalue weighted by molar-refractivity contribution is -0.144. The Hall–Kier alpha value is -3.01. The molecule has 35 heavy (non-hydrogen) atoms. The molecule has 1 fully saturated rings. The summed E-state index contributed by atoms with van der Waals surface area (Å²) >= 11 is 1.48. The second-order valence-corrected chi connectivity index (χ2v) is 10.8. The zero-order valence-electron chi connectivity index (χ0n) is 20.5. The number of hydrogen-bond donors (Lipinski definition) is 3. The van der Waals surface area contributed by atoms with E-state index in [0.717, 1.165) is 21.4 Å². The molecule has 0 aliphatic carbocycles. The molecule has 4 rings (SSSR count). The van der Waals surface area contributed by atoms with Crippen molar-refractivity contribution in [1.82, 2.24) is 20.1 Å². The van der Waals surface area contributed by atoms with Gasteiger partial charge in [0.1, 0.15) is 12.1 Å². The van der Waals surface area contributed by atoms with Gasteiger partial charge in [-0.25, -0.2) is 14.5 Å². The number of aromatic nitrogens is 1. The molecule has 3 heterocycles. The highest BCUT2D eigenvalue weighted by Crippen LogP contribution is 2.45. The number of carboxylic acids is 1. The number of nitrogens with zero attached hydrogens (tertiary/aromatic N) is 2. The fraction of sp³-hybridized carbons (Fsp3) is 0.520. The Kier molecular flexibility index (Phi) is 6.86. The fourth-order valence-corrected chi connectivity index (χ4v) is 5.70. The maximum absolute atomic E-state index is 14.0. The minimum atomic E-state index is -1.26. The summed E-state index contributed by atoms with van der Waals surface area (Å²) in [5, 5.41) is 13.2. The van der Waals surface area contributed by atoms with Gasteiger partial charge >= 0.3 is 12.0 Å². The van der Waals surface area contributed by atoms with E-state index in [1.807, 2.05) is 44.4 Å². The van der Waals surface area contributed by atoms with Crippen molar-refractivity contribution in [2.75, 3.05) is 18.6 Å². The summed E-state index contributed by atoms with van der Waals surface area (Å²) in [5.74, 6) is -1.67. The smallest absolute Gasteiger partial charge is 0.328 e. The SMILES string of the molecule is CSCC[C@@H](NC(=O)[C@H](CC(C)C)N1C(=O)N2CCc3c([nH]c4ccccc34)[C@@]2(C)C1=O)C(=O)O. The molecule has 3 atom stereocenters. The number of nitrogens with one attached hydrogen (secondary N) is 2. The van der Waals surface area contributed by atoms with E-state index >= 15 is 0 Å². The Morgan fingerprint density at radius 2 is 1.97 bits per heavy atom. The largest absolute Gasteiger partial charge is 0.480 e. The van der Waals surface area contributed by atoms with E-state index in [4.69, 9.17) is 0 Å². The number of carboxylic acid groups (broad SMARTS) is 1. The predicted octanol–water partition coefficient (Wildman–Crippen LogP) is 2.94. The number of urea groups is 1. The molecule has 0 unspecified atom stereocenters. The number of aromatic amines is 1. The number of carbonyl (C=O) groups excluding carboxylic acids is 3. The van der Waals surface area contributed by atoms with Crippen LogP contribution in [-0.4, -0.2) is 74.3 Å². The van der Waals surface area contributed by atoms with Crippen molar-refractivity contribution in [3.05, 3.63) is 35.5 Å². The monoisotopic (exact) mass is 500 g/mol. The molecule has 0 radical (unpaired) electrons. The molecule has 0 saturated carbocycles. The summed E-state index contributed by atoms with van der Waals surface area (Å²) in [6.07, 6.45) is 2.94. The quantitative estimate of drug-likeness (QED) is 0.455. The summed E-state index contributed by atoms with van der Waals surface area (Å²) in [4.78, 5) is 58.7. The number of hydrogen-bond acceptors (Lipinski definition) is 5. The van der Waals surface area contributed by atoms with Crippen LogP contribution in [0.15, 0.2) is 24.3 Å². The van der Waals surface area contributed by atoms with E-state index in [1.54, 1.807) is 6.92 Å². The number of amides is 4. The van der Waals surface area contributed by atoms with Crippen LogP contribution in [0.3, 0.4) is 0 Å². The van der Waals surface area contributed by atoms with Crippen LogP contribution >= 0.6 is 11.8 Å². The van der Waals surface area contributed by atoms with E-state index < -0.39 is 41.4 Å². The second-order valence-electron chi connectivity index (χ2n) is 9.78. The highest BCUT2D eigenvalue weighted by atomic mass is 32.2. The number of rotatable bonds is 9. The zero-order chi connectivity index (χ0) is 25.5. The van der Waals surface area contributed by atoms with Gasteiger partial charge in [0.25, 0.3) is 5.91 Å². The van der Waals surface area contributed by atoms with Crippen LogP contribution in [0.2, 0.25) is 0 Å². The molecule has 10 heteroatoms. The molecule has 1 aromatic heterocycles. The maximum atomic E-state index is 14.0. The number of carbonyl (C=O) groups is 4. The average Bonchev–Trinajstić information content (AvgIpc) is 3.28. The number of thioether (sulfide) groups is 1. The maximum Gasteiger partial charge on any atom is 0.328 e. The van der Waals surface area contributed by atoms with Gasteiger partial charge in [-0.2, -0.15) is 11.8 Å². The normalized spacial score (nSPS) is 21.3. The van der Waals surface area contributed by atoms with Gasteiger partial charge < -0.3 is 20.3 Å². The zero-order valence-corrected chi connectivity index (χ0v) is 21.3. The lowest BCUT2D eigenvalue weighted by Crippen LogP contribution is -2.54. The van der Waals surface area contributed by atoms with Crippen molar-refractivity contribution in [2.45, 2.75) is 57.7 Å². The molecule has 2 aromatic rings. The first kappa shape index (κ1) is 25.1. The van der Waals surface area contributed by atoms with Crippen molar-refractivity contribution in [3.63, 3.8) is 0 Å². The number of benzene rings is 1. The van der Waals surface area contributed by atoms with E-state index in [9.17, 15) is 24.3 Å². The van der Waals surface area contributed by atoms with Gasteiger partial charge in [-0.05, 0) is 55.7 Å². The van der Waals surface area contributed by atoms with Gasteiger partial charge in [0.05, 0.1) is 5.69 Å². The second kappa shape index (κ2) is 9.56. The standard InChI is InChI=1S/C25H32N4O5S/c1-14(2)13-19(21(30)27-18(22(31)32)10-12-35-4)29-23(33)25(3)20-16(9-11-28(25)24(29)34)15-7-5-6-8-17(15)26-20/h5-8,14,18-19,26H,9-13H2,1-4H3,(H,27,30)(H,31,32)/t18-,19+,25+/m1/s1. The Bertz CT molecular complexity index is 1180. The van der Waals surface area contributed by atoms with Crippen LogP contribution in [0.5, 0.6) is 0 Å². The van der Waals surface area contributed by atoms with Gasteiger partial charge in [-0.1, -0.05) is 32.0 Å². The van der Waals surface area contributed by atoms with Crippen LogP contribution < -0.4 is 5.32 Å². The fourth-order valence-electron chi connectivity index (χ4n) is 5.23. The molecule has 188 valence electrons. The Labute approximate surface area is 208 Å². The summed E-state index contributed by atoms with van der Waals surface area (Å²) in [5.41, 5.74) is 1.33. The van der Waals surface area contributed by atoms with Crippen LogP contribution in [0.4, 0.5) is 4.79 Å². The van der Waals surface area contributed by atoms with E-state index in [2.05, 4.69) is 10.3 Å². The molecule has 2 aliphatic heterocycles. The Morgan fingerprint density at radius 3 is 2.63 bits per heavy atom. The Morgan fingerprint density at radius 1 is 1.26 bits per heavy atom. The van der Waals surface area contributed by atoms with Gasteiger partial charge in [-0.3, -0.25) is 9.59 Å². The lowest BCUT2D eigenvalue weighted by Gasteiger charge is -2.36. The number of imide groups is 1. The number of H-pyrrole nitrogens is 1. The minimum Gasteiger partial charge on any atom is -0.480 e. The minimum absolute atomic E-state index is 0.00473. The summed E-state index contributed by atoms with van der Waals surface area (Å²) < 4.78 is 0. The van der Waals surface area contributed by atoms with Gasteiger partial charge in [0.15, 0.2) is 5.54 Å². The number of para-hydroxylation sites is 1. The van der Waals surface area contributed by atoms with Crippen LogP contribution in [0.25, 0.3) is 10.9 Å². The van der Waals surface area contributed by atoms with Crippen molar-refractivity contribution in [1.29, 1.82) is 0 Å². The van der Waals surface area contributed by atoms with Gasteiger partial charge in [0.2, 0.25) is 5.91 Å². The third kappa shape index (κ3) is 4.17. The summed E-state index contributed by atoms with van der Waals surface area (Å²) in [6, 6.07) is 5.10. The predicted molar refractivity (Wildman–Crippen MR) is 134 cm³/mol. The molecule has 0 spiro atoms. The van der Waals surface area contributed by atoms with Crippen molar-refractivity contribution < 1.29 is 24.3 Å². The first-order valence-corrected chi connectivity index (χ1v) is 13.3. The third-order valence-electron chi connectivity index (χ3n) is 7.03. The van der Waals surface area contributed by atoms with Crippen LogP contribution in [0, 0.1) is 5.92 Å². The van der Waals surface area contributed by atoms with Crippen molar-refractivity contribution >= 4 is 46.5 Å². The lowest BCUT2D eigenvalue weighted by atomic mass is 9.86. The third-order valence-corrected chi connectivity index (χ3v) is 7.68. The summed E-state index contributed by atoms with van der Waals surface area (Å²) in [7, 11) is 0. The molecular formula is C25H32N4O5S. The molecule has 1 aromatic carbocycles. The first-order valence-electron chi connectivity index (χ1n) is 11.9. The number of fused-ring (bicyclic) bond motifs is 5. The topological polar surface area (TPSA) is 123 Å². The van der Waals surface area contributed by atoms with E-state index in [-0.39, 0.29) is 18.8 Å². The molecule has 9 nitrogen and oxygen atoms in total. The number of aliphatic carboxylic acids is 1. The van der Waals surface area contributed by atoms with Gasteiger partial charge in [0, 0.05) is 17.4 Å². The highest BCUT2D eigenvalue weighted by molar-refractivity contribution is 7.98. The highest BCUT2D eigenvalue weighted by Gasteiger charge is 2.60.